The molecule has 1 aliphatic carbocycles. The molecule has 1 aromatic carbocycles. The van der Waals surface area contributed by atoms with E-state index >= 15 is 0 Å². The fourth-order valence-electron chi connectivity index (χ4n) is 5.08. The molecule has 2 rings (SSSR count). The van der Waals surface area contributed by atoms with Crippen molar-refractivity contribution >= 4 is 7.60 Å². The Bertz CT molecular complexity index is 744. The second-order valence-corrected chi connectivity index (χ2v) is 11.8. The fraction of sp³-hybridized carbons (Fsp3) is 0.778. The third-order valence-corrected chi connectivity index (χ3v) is 8.08. The van der Waals surface area contributed by atoms with Crippen molar-refractivity contribution in [1.82, 2.24) is 0 Å². The summed E-state index contributed by atoms with van der Waals surface area (Å²) in [7, 11) is -3.85. The van der Waals surface area contributed by atoms with Crippen LogP contribution in [0.1, 0.15) is 121 Å². The van der Waals surface area contributed by atoms with Crippen LogP contribution in [0.3, 0.4) is 0 Å². The number of hydrogen-bond acceptors (Lipinski definition) is 2. The molecule has 196 valence electrons. The maximum absolute atomic E-state index is 14.8. The molecule has 0 atom stereocenters. The minimum Gasteiger partial charge on any atom is -0.490 e. The summed E-state index contributed by atoms with van der Waals surface area (Å²) in [5.74, 6) is -0.711. The number of ether oxygens (including phenoxy) is 1. The molecule has 0 bridgehead atoms. The molecule has 0 radical (unpaired) electrons. The predicted octanol–water partition coefficient (Wildman–Crippen LogP) is 8.50. The number of unbranched alkanes of at least 4 members (excludes halogenated alkanes) is 9. The van der Waals surface area contributed by atoms with E-state index in [0.29, 0.717) is 18.6 Å². The lowest BCUT2D eigenvalue weighted by atomic mass is 9.77. The summed E-state index contributed by atoms with van der Waals surface area (Å²) in [5.41, 5.74) is 0.512. The third kappa shape index (κ3) is 11.2. The van der Waals surface area contributed by atoms with Crippen LogP contribution in [0.2, 0.25) is 0 Å². The van der Waals surface area contributed by atoms with Crippen LogP contribution in [-0.4, -0.2) is 22.6 Å². The zero-order valence-electron chi connectivity index (χ0n) is 21.0. The quantitative estimate of drug-likeness (QED) is 0.166. The molecule has 0 unspecified atom stereocenters. The zero-order chi connectivity index (χ0) is 24.8. The van der Waals surface area contributed by atoms with Crippen molar-refractivity contribution < 1.29 is 27.9 Å². The van der Waals surface area contributed by atoms with E-state index < -0.39 is 19.2 Å². The van der Waals surface area contributed by atoms with Gasteiger partial charge in [-0.3, -0.25) is 4.57 Å². The summed E-state index contributed by atoms with van der Waals surface area (Å²) in [5, 5.41) is 0. The first-order chi connectivity index (χ1) is 16.3. The zero-order valence-corrected chi connectivity index (χ0v) is 21.8. The van der Waals surface area contributed by atoms with Crippen molar-refractivity contribution in [3.05, 3.63) is 29.3 Å². The Hall–Kier alpha value is -0.970. The van der Waals surface area contributed by atoms with Gasteiger partial charge < -0.3 is 14.5 Å². The third-order valence-electron chi connectivity index (χ3n) is 7.18. The number of benzene rings is 1. The molecule has 0 saturated heterocycles. The first-order valence-electron chi connectivity index (χ1n) is 13.5. The van der Waals surface area contributed by atoms with Crippen LogP contribution in [0.4, 0.5) is 8.78 Å². The van der Waals surface area contributed by atoms with Gasteiger partial charge in [-0.25, -0.2) is 4.39 Å². The Kier molecular flexibility index (Phi) is 13.7. The van der Waals surface area contributed by atoms with Crippen LogP contribution < -0.4 is 4.74 Å². The van der Waals surface area contributed by atoms with Crippen LogP contribution in [0.15, 0.2) is 12.1 Å². The summed E-state index contributed by atoms with van der Waals surface area (Å²) in [6, 6.07) is 3.32. The summed E-state index contributed by atoms with van der Waals surface area (Å²) in [6.45, 7) is 2.59. The lowest BCUT2D eigenvalue weighted by Gasteiger charge is -2.29. The predicted molar refractivity (Wildman–Crippen MR) is 135 cm³/mol. The van der Waals surface area contributed by atoms with Gasteiger partial charge in [-0.2, -0.15) is 4.39 Å². The van der Waals surface area contributed by atoms with Crippen LogP contribution in [0, 0.1) is 17.6 Å². The average Bonchev–Trinajstić information content (AvgIpc) is 2.80. The molecular formula is C27H45F2O4P. The largest absolute Gasteiger partial charge is 0.490 e. The average molecular weight is 503 g/mol. The minimum atomic E-state index is -3.85. The van der Waals surface area contributed by atoms with Crippen LogP contribution in [0.5, 0.6) is 5.75 Å². The standard InChI is InChI=1S/C27H45F2O4P/c1-2-3-10-13-22-14-16-23(17-15-22)24-18-19-25(27(29)26(24)28)33-20-11-8-6-4-5-7-9-12-21-34(30,31)32/h18-19,22-23H,2-17,20-21H2,1H3,(H2,30,31,32). The molecule has 0 heterocycles. The van der Waals surface area contributed by atoms with Crippen molar-refractivity contribution in [2.45, 2.75) is 116 Å². The van der Waals surface area contributed by atoms with E-state index in [9.17, 15) is 13.3 Å². The second kappa shape index (κ2) is 15.9. The summed E-state index contributed by atoms with van der Waals surface area (Å²) in [4.78, 5) is 17.6. The Labute approximate surface area is 205 Å². The highest BCUT2D eigenvalue weighted by Gasteiger charge is 2.26. The van der Waals surface area contributed by atoms with Crippen LogP contribution in [-0.2, 0) is 4.57 Å². The highest BCUT2D eigenvalue weighted by atomic mass is 31.2. The molecule has 0 spiro atoms. The van der Waals surface area contributed by atoms with Gasteiger partial charge in [-0.05, 0) is 62.0 Å². The molecular weight excluding hydrogens is 457 g/mol. The molecule has 0 aromatic heterocycles. The lowest BCUT2D eigenvalue weighted by Crippen LogP contribution is -2.15. The minimum absolute atomic E-state index is 0.0135. The monoisotopic (exact) mass is 502 g/mol. The number of halogens is 2. The number of hydrogen-bond donors (Lipinski definition) is 2. The van der Waals surface area contributed by atoms with Crippen molar-refractivity contribution in [1.29, 1.82) is 0 Å². The highest BCUT2D eigenvalue weighted by Crippen LogP contribution is 2.40. The molecule has 4 nitrogen and oxygen atoms in total. The first kappa shape index (κ1) is 29.3. The summed E-state index contributed by atoms with van der Waals surface area (Å²) >= 11 is 0. The second-order valence-electron chi connectivity index (χ2n) is 10.1. The highest BCUT2D eigenvalue weighted by molar-refractivity contribution is 7.51. The molecule has 1 fully saturated rings. The molecule has 0 aliphatic heterocycles. The molecule has 7 heteroatoms. The lowest BCUT2D eigenvalue weighted by molar-refractivity contribution is 0.279. The van der Waals surface area contributed by atoms with Gasteiger partial charge in [0.25, 0.3) is 0 Å². The SMILES string of the molecule is CCCCCC1CCC(c2ccc(OCCCCCCCCCCP(=O)(O)O)c(F)c2F)CC1. The van der Waals surface area contributed by atoms with Gasteiger partial charge in [0.05, 0.1) is 6.61 Å². The molecule has 34 heavy (non-hydrogen) atoms. The smallest absolute Gasteiger partial charge is 0.325 e. The van der Waals surface area contributed by atoms with E-state index in [-0.39, 0.29) is 17.8 Å². The summed E-state index contributed by atoms with van der Waals surface area (Å²) in [6.07, 6.45) is 16.4. The van der Waals surface area contributed by atoms with Crippen molar-refractivity contribution in [2.75, 3.05) is 12.8 Å². The van der Waals surface area contributed by atoms with E-state index in [0.717, 1.165) is 76.5 Å². The Balaban J connectivity index is 1.61. The maximum Gasteiger partial charge on any atom is 0.325 e. The Morgan fingerprint density at radius 3 is 2.09 bits per heavy atom. The van der Waals surface area contributed by atoms with Crippen LogP contribution >= 0.6 is 7.60 Å². The van der Waals surface area contributed by atoms with E-state index in [4.69, 9.17) is 14.5 Å². The molecule has 0 amide bonds. The van der Waals surface area contributed by atoms with Gasteiger partial charge >= 0.3 is 7.60 Å². The van der Waals surface area contributed by atoms with Gasteiger partial charge in [0, 0.05) is 6.16 Å². The first-order valence-corrected chi connectivity index (χ1v) is 15.3. The van der Waals surface area contributed by atoms with Crippen molar-refractivity contribution in [3.8, 4) is 5.75 Å². The van der Waals surface area contributed by atoms with E-state index in [1.165, 1.54) is 25.7 Å². The van der Waals surface area contributed by atoms with Crippen molar-refractivity contribution in [3.63, 3.8) is 0 Å². The normalized spacial score (nSPS) is 18.9. The Morgan fingerprint density at radius 1 is 0.853 bits per heavy atom. The topological polar surface area (TPSA) is 66.8 Å². The number of rotatable bonds is 17. The van der Waals surface area contributed by atoms with Crippen LogP contribution in [0.25, 0.3) is 0 Å². The van der Waals surface area contributed by atoms with E-state index in [2.05, 4.69) is 6.92 Å². The van der Waals surface area contributed by atoms with Gasteiger partial charge in [0.2, 0.25) is 5.82 Å². The van der Waals surface area contributed by atoms with Gasteiger partial charge in [-0.1, -0.05) is 77.2 Å². The molecule has 1 aliphatic rings. The van der Waals surface area contributed by atoms with Gasteiger partial charge in [0.1, 0.15) is 0 Å². The van der Waals surface area contributed by atoms with Crippen molar-refractivity contribution in [2.24, 2.45) is 5.92 Å². The molecule has 2 N–H and O–H groups in total. The summed E-state index contributed by atoms with van der Waals surface area (Å²) < 4.78 is 45.7. The van der Waals surface area contributed by atoms with Gasteiger partial charge in [-0.15, -0.1) is 0 Å². The molecule has 1 aromatic rings. The van der Waals surface area contributed by atoms with E-state index in [1.807, 2.05) is 0 Å². The van der Waals surface area contributed by atoms with E-state index in [1.54, 1.807) is 12.1 Å². The maximum atomic E-state index is 14.8. The fourth-order valence-corrected chi connectivity index (χ4v) is 5.72. The molecule has 1 saturated carbocycles. The van der Waals surface area contributed by atoms with Gasteiger partial charge in [0.15, 0.2) is 11.6 Å². The Morgan fingerprint density at radius 2 is 1.47 bits per heavy atom.